The topological polar surface area (TPSA) is 35.6 Å². The molecule has 0 atom stereocenters. The van der Waals surface area contributed by atoms with Gasteiger partial charge in [0.25, 0.3) is 0 Å². The van der Waals surface area contributed by atoms with Gasteiger partial charge in [-0.3, -0.25) is 4.57 Å². The molecule has 0 N–H and O–H groups in total. The molecular weight excluding hydrogens is 669 g/mol. The highest BCUT2D eigenvalue weighted by molar-refractivity contribution is 6.12. The second-order valence-corrected chi connectivity index (χ2v) is 13.9. The lowest BCUT2D eigenvalue weighted by atomic mass is 10.0. The van der Waals surface area contributed by atoms with E-state index in [4.69, 9.17) is 9.97 Å². The minimum atomic E-state index is 0.660. The summed E-state index contributed by atoms with van der Waals surface area (Å²) < 4.78 is 4.57. The SMILES string of the molecule is C=C(/C=C\C=C/C)c1ccc(-n2c3ccccc3c3cc(-c4ccc5c(c4)c4ccccc4n5-c4nc(-c5ccccc5)c5ccccc5n4)ccc32)cc1. The van der Waals surface area contributed by atoms with Gasteiger partial charge in [-0.1, -0.05) is 140 Å². The summed E-state index contributed by atoms with van der Waals surface area (Å²) in [7, 11) is 0. The molecular formula is C51H36N4. The molecule has 260 valence electrons. The standard InChI is InChI=1S/C51H36N4/c1-3-4-6-15-34(2)35-24-28-39(29-25-35)54-46-22-13-10-18-40(46)43-32-37(26-30-48(43)54)38-27-31-49-44(33-38)41-19-11-14-23-47(41)55(49)51-52-45-21-12-9-20-42(45)50(53-51)36-16-7-5-8-17-36/h3-33H,2H2,1H3/b4-3-,15-6-. The number of rotatable bonds is 7. The van der Waals surface area contributed by atoms with E-state index in [1.54, 1.807) is 0 Å². The number of hydrogen-bond acceptors (Lipinski definition) is 2. The van der Waals surface area contributed by atoms with Crippen molar-refractivity contribution >= 4 is 60.1 Å². The third-order valence-electron chi connectivity index (χ3n) is 10.6. The lowest BCUT2D eigenvalue weighted by molar-refractivity contribution is 1.01. The van der Waals surface area contributed by atoms with Gasteiger partial charge in [0.15, 0.2) is 0 Å². The molecule has 3 aromatic heterocycles. The maximum Gasteiger partial charge on any atom is 0.235 e. The minimum absolute atomic E-state index is 0.660. The molecule has 3 heterocycles. The highest BCUT2D eigenvalue weighted by Gasteiger charge is 2.19. The van der Waals surface area contributed by atoms with Crippen LogP contribution >= 0.6 is 0 Å². The fourth-order valence-corrected chi connectivity index (χ4v) is 7.98. The molecule has 7 aromatic carbocycles. The van der Waals surface area contributed by atoms with Gasteiger partial charge in [-0.2, -0.15) is 0 Å². The van der Waals surface area contributed by atoms with Crippen LogP contribution in [0.5, 0.6) is 0 Å². The fourth-order valence-electron chi connectivity index (χ4n) is 7.98. The lowest BCUT2D eigenvalue weighted by Gasteiger charge is -2.12. The van der Waals surface area contributed by atoms with Gasteiger partial charge in [0.2, 0.25) is 5.95 Å². The van der Waals surface area contributed by atoms with E-state index in [-0.39, 0.29) is 0 Å². The molecule has 0 aliphatic heterocycles. The van der Waals surface area contributed by atoms with Crippen LogP contribution in [0.3, 0.4) is 0 Å². The van der Waals surface area contributed by atoms with Gasteiger partial charge >= 0.3 is 0 Å². The van der Waals surface area contributed by atoms with E-state index < -0.39 is 0 Å². The van der Waals surface area contributed by atoms with Gasteiger partial charge in [-0.25, -0.2) is 9.97 Å². The summed E-state index contributed by atoms with van der Waals surface area (Å²) in [5.74, 6) is 0.660. The molecule has 4 heteroatoms. The van der Waals surface area contributed by atoms with Crippen molar-refractivity contribution in [3.8, 4) is 34.0 Å². The summed E-state index contributed by atoms with van der Waals surface area (Å²) in [4.78, 5) is 10.4. The van der Waals surface area contributed by atoms with Crippen LogP contribution in [0.15, 0.2) is 195 Å². The fraction of sp³-hybridized carbons (Fsp3) is 0.0196. The molecule has 0 spiro atoms. The predicted molar refractivity (Wildman–Crippen MR) is 232 cm³/mol. The van der Waals surface area contributed by atoms with Crippen LogP contribution in [-0.4, -0.2) is 19.1 Å². The Hall–Kier alpha value is -7.30. The molecule has 0 saturated carbocycles. The van der Waals surface area contributed by atoms with Crippen molar-refractivity contribution in [2.45, 2.75) is 6.92 Å². The summed E-state index contributed by atoms with van der Waals surface area (Å²) in [6.45, 7) is 6.28. The Morgan fingerprint density at radius 1 is 0.491 bits per heavy atom. The van der Waals surface area contributed by atoms with Gasteiger partial charge in [-0.15, -0.1) is 0 Å². The van der Waals surface area contributed by atoms with Gasteiger partial charge in [0, 0.05) is 38.2 Å². The first-order chi connectivity index (χ1) is 27.2. The average molecular weight is 705 g/mol. The Morgan fingerprint density at radius 2 is 1.05 bits per heavy atom. The zero-order valence-corrected chi connectivity index (χ0v) is 30.4. The number of fused-ring (bicyclic) bond motifs is 7. The minimum Gasteiger partial charge on any atom is -0.309 e. The molecule has 55 heavy (non-hydrogen) atoms. The number of allylic oxidation sites excluding steroid dienone is 5. The number of hydrogen-bond donors (Lipinski definition) is 0. The van der Waals surface area contributed by atoms with E-state index in [0.29, 0.717) is 5.95 Å². The largest absolute Gasteiger partial charge is 0.309 e. The van der Waals surface area contributed by atoms with E-state index in [0.717, 1.165) is 61.0 Å². The quantitative estimate of drug-likeness (QED) is 0.155. The molecule has 10 aromatic rings. The van der Waals surface area contributed by atoms with Crippen LogP contribution in [0, 0.1) is 0 Å². The lowest BCUT2D eigenvalue weighted by Crippen LogP contribution is -2.03. The van der Waals surface area contributed by atoms with Gasteiger partial charge in [-0.05, 0) is 83.8 Å². The third-order valence-corrected chi connectivity index (χ3v) is 10.6. The first-order valence-corrected chi connectivity index (χ1v) is 18.6. The maximum atomic E-state index is 5.25. The molecule has 0 aliphatic carbocycles. The molecule has 0 radical (unpaired) electrons. The van der Waals surface area contributed by atoms with Crippen molar-refractivity contribution in [3.05, 3.63) is 200 Å². The number of para-hydroxylation sites is 3. The molecule has 10 rings (SSSR count). The van der Waals surface area contributed by atoms with Gasteiger partial charge in [0.05, 0.1) is 33.3 Å². The highest BCUT2D eigenvalue weighted by Crippen LogP contribution is 2.39. The zero-order valence-electron chi connectivity index (χ0n) is 30.4. The Morgan fingerprint density at radius 3 is 1.73 bits per heavy atom. The Kier molecular flexibility index (Phi) is 7.81. The molecule has 0 fully saturated rings. The van der Waals surface area contributed by atoms with Crippen molar-refractivity contribution in [2.75, 3.05) is 0 Å². The molecule has 0 unspecified atom stereocenters. The van der Waals surface area contributed by atoms with Crippen LogP contribution in [0.4, 0.5) is 0 Å². The molecule has 4 nitrogen and oxygen atoms in total. The van der Waals surface area contributed by atoms with Crippen LogP contribution in [0.1, 0.15) is 12.5 Å². The highest BCUT2D eigenvalue weighted by atomic mass is 15.2. The average Bonchev–Trinajstić information content (AvgIpc) is 3.76. The van der Waals surface area contributed by atoms with Gasteiger partial charge in [0.1, 0.15) is 0 Å². The predicted octanol–water partition coefficient (Wildman–Crippen LogP) is 13.3. The molecule has 0 saturated heterocycles. The van der Waals surface area contributed by atoms with Gasteiger partial charge < -0.3 is 4.57 Å². The number of aromatic nitrogens is 4. The second-order valence-electron chi connectivity index (χ2n) is 13.9. The summed E-state index contributed by atoms with van der Waals surface area (Å²) in [6, 6.07) is 58.2. The zero-order chi connectivity index (χ0) is 36.9. The van der Waals surface area contributed by atoms with E-state index in [2.05, 4.69) is 167 Å². The summed E-state index contributed by atoms with van der Waals surface area (Å²) in [5, 5.41) is 5.81. The Bertz CT molecular complexity index is 3160. The summed E-state index contributed by atoms with van der Waals surface area (Å²) >= 11 is 0. The summed E-state index contributed by atoms with van der Waals surface area (Å²) in [6.07, 6.45) is 8.11. The number of nitrogens with zero attached hydrogens (tertiary/aromatic N) is 4. The first-order valence-electron chi connectivity index (χ1n) is 18.6. The van der Waals surface area contributed by atoms with E-state index in [1.807, 2.05) is 43.4 Å². The third kappa shape index (κ3) is 5.46. The Balaban J connectivity index is 1.10. The second kappa shape index (κ2) is 13.3. The smallest absolute Gasteiger partial charge is 0.235 e. The van der Waals surface area contributed by atoms with E-state index >= 15 is 0 Å². The summed E-state index contributed by atoms with van der Waals surface area (Å²) in [5.41, 5.74) is 12.9. The van der Waals surface area contributed by atoms with E-state index in [1.165, 1.54) is 32.8 Å². The monoisotopic (exact) mass is 704 g/mol. The molecule has 0 aliphatic rings. The van der Waals surface area contributed by atoms with Crippen LogP contribution in [-0.2, 0) is 0 Å². The molecule has 0 amide bonds. The van der Waals surface area contributed by atoms with Crippen molar-refractivity contribution in [2.24, 2.45) is 0 Å². The van der Waals surface area contributed by atoms with E-state index in [9.17, 15) is 0 Å². The number of benzene rings is 7. The van der Waals surface area contributed by atoms with Crippen LogP contribution in [0.2, 0.25) is 0 Å². The van der Waals surface area contributed by atoms with Crippen molar-refractivity contribution < 1.29 is 0 Å². The van der Waals surface area contributed by atoms with Crippen LogP contribution < -0.4 is 0 Å². The van der Waals surface area contributed by atoms with Crippen molar-refractivity contribution in [1.29, 1.82) is 0 Å². The normalized spacial score (nSPS) is 12.0. The van der Waals surface area contributed by atoms with Crippen LogP contribution in [0.25, 0.3) is 94.1 Å². The molecule has 0 bridgehead atoms. The maximum absolute atomic E-state index is 5.25. The van der Waals surface area contributed by atoms with Crippen molar-refractivity contribution in [3.63, 3.8) is 0 Å². The van der Waals surface area contributed by atoms with Crippen molar-refractivity contribution in [1.82, 2.24) is 19.1 Å². The first kappa shape index (κ1) is 32.4. The Labute approximate surface area is 319 Å².